The largest absolute Gasteiger partial charge is 0.387 e. The van der Waals surface area contributed by atoms with Crippen molar-refractivity contribution in [3.8, 4) is 0 Å². The van der Waals surface area contributed by atoms with E-state index >= 15 is 0 Å². The molecule has 3 heteroatoms. The number of fused-ring (bicyclic) bond motifs is 5. The number of para-hydroxylation sites is 1. The number of pyridine rings is 1. The molecule has 3 saturated heterocycles. The SMILES string of the molecule is C=CCC1CC2CCC([C@H](O)c3ccnc4ccccc34)N1CC2. The first kappa shape index (κ1) is 15.8. The average molecular weight is 322 g/mol. The molecule has 5 rings (SSSR count). The second kappa shape index (κ2) is 6.66. The van der Waals surface area contributed by atoms with Gasteiger partial charge in [0.15, 0.2) is 0 Å². The normalized spacial score (nSPS) is 30.9. The zero-order chi connectivity index (χ0) is 16.5. The predicted molar refractivity (Wildman–Crippen MR) is 97.8 cm³/mol. The lowest BCUT2D eigenvalue weighted by molar-refractivity contribution is 0.0154. The Morgan fingerprint density at radius 1 is 1.25 bits per heavy atom. The van der Waals surface area contributed by atoms with Gasteiger partial charge in [0.25, 0.3) is 0 Å². The molecule has 3 aliphatic rings. The van der Waals surface area contributed by atoms with E-state index < -0.39 is 6.10 Å². The maximum Gasteiger partial charge on any atom is 0.0952 e. The van der Waals surface area contributed by atoms with Crippen LogP contribution in [0.5, 0.6) is 0 Å². The van der Waals surface area contributed by atoms with Crippen LogP contribution in [0.25, 0.3) is 10.9 Å². The monoisotopic (exact) mass is 322 g/mol. The Hall–Kier alpha value is -1.71. The molecule has 0 amide bonds. The van der Waals surface area contributed by atoms with Gasteiger partial charge in [-0.15, -0.1) is 6.58 Å². The van der Waals surface area contributed by atoms with E-state index in [0.29, 0.717) is 6.04 Å². The first-order valence-corrected chi connectivity index (χ1v) is 9.16. The Balaban J connectivity index is 1.69. The minimum absolute atomic E-state index is 0.202. The van der Waals surface area contributed by atoms with E-state index in [2.05, 4.69) is 22.5 Å². The molecule has 126 valence electrons. The third kappa shape index (κ3) is 2.76. The van der Waals surface area contributed by atoms with Crippen molar-refractivity contribution in [2.75, 3.05) is 6.54 Å². The summed E-state index contributed by atoms with van der Waals surface area (Å²) < 4.78 is 0. The summed E-state index contributed by atoms with van der Waals surface area (Å²) in [4.78, 5) is 7.00. The van der Waals surface area contributed by atoms with Gasteiger partial charge < -0.3 is 5.11 Å². The van der Waals surface area contributed by atoms with Gasteiger partial charge >= 0.3 is 0 Å². The molecule has 1 N–H and O–H groups in total. The van der Waals surface area contributed by atoms with Crippen molar-refractivity contribution < 1.29 is 5.11 Å². The van der Waals surface area contributed by atoms with Crippen LogP contribution < -0.4 is 0 Å². The van der Waals surface area contributed by atoms with Gasteiger partial charge in [-0.1, -0.05) is 24.3 Å². The smallest absolute Gasteiger partial charge is 0.0952 e. The molecule has 3 nitrogen and oxygen atoms in total. The van der Waals surface area contributed by atoms with Gasteiger partial charge in [0.2, 0.25) is 0 Å². The standard InChI is InChI=1S/C21H26N2O/c1-2-5-16-14-15-8-9-20(23(16)13-11-15)21(24)18-10-12-22-19-7-4-3-6-17(18)19/h2-4,6-7,10,12,15-16,20-21,24H,1,5,8-9,11,13-14H2/t15?,16?,20?,21-/m1/s1. The molecule has 0 spiro atoms. The first-order chi connectivity index (χ1) is 11.8. The molecule has 2 aromatic rings. The Labute approximate surface area is 144 Å². The molecule has 4 unspecified atom stereocenters. The molecule has 0 saturated carbocycles. The van der Waals surface area contributed by atoms with Crippen LogP contribution in [-0.4, -0.2) is 33.6 Å². The molecule has 1 aromatic carbocycles. The van der Waals surface area contributed by atoms with E-state index in [1.165, 1.54) is 19.3 Å². The third-order valence-corrected chi connectivity index (χ3v) is 5.97. The zero-order valence-corrected chi connectivity index (χ0v) is 14.1. The van der Waals surface area contributed by atoms with Crippen LogP contribution in [0.15, 0.2) is 49.2 Å². The lowest BCUT2D eigenvalue weighted by atomic mass is 9.89. The van der Waals surface area contributed by atoms with Crippen LogP contribution in [0.3, 0.4) is 0 Å². The average Bonchev–Trinajstić information content (AvgIpc) is 2.93. The zero-order valence-electron chi connectivity index (χ0n) is 14.1. The fraction of sp³-hybridized carbons (Fsp3) is 0.476. The predicted octanol–water partition coefficient (Wildman–Crippen LogP) is 4.09. The molecule has 0 radical (unpaired) electrons. The van der Waals surface area contributed by atoms with Crippen molar-refractivity contribution in [1.29, 1.82) is 0 Å². The van der Waals surface area contributed by atoms with E-state index in [1.54, 1.807) is 0 Å². The van der Waals surface area contributed by atoms with Crippen molar-refractivity contribution in [3.63, 3.8) is 0 Å². The number of rotatable bonds is 4. The number of hydrogen-bond acceptors (Lipinski definition) is 3. The fourth-order valence-electron chi connectivity index (χ4n) is 4.77. The van der Waals surface area contributed by atoms with E-state index in [-0.39, 0.29) is 6.04 Å². The second-order valence-corrected chi connectivity index (χ2v) is 7.31. The highest BCUT2D eigenvalue weighted by molar-refractivity contribution is 5.82. The Morgan fingerprint density at radius 3 is 3.00 bits per heavy atom. The van der Waals surface area contributed by atoms with Crippen LogP contribution in [0.4, 0.5) is 0 Å². The van der Waals surface area contributed by atoms with Gasteiger partial charge in [0.1, 0.15) is 0 Å². The third-order valence-electron chi connectivity index (χ3n) is 5.97. The van der Waals surface area contributed by atoms with Crippen LogP contribution in [0, 0.1) is 5.92 Å². The lowest BCUT2D eigenvalue weighted by Crippen LogP contribution is -2.47. The highest BCUT2D eigenvalue weighted by atomic mass is 16.3. The van der Waals surface area contributed by atoms with Gasteiger partial charge in [-0.2, -0.15) is 0 Å². The minimum atomic E-state index is -0.456. The molecule has 24 heavy (non-hydrogen) atoms. The summed E-state index contributed by atoms with van der Waals surface area (Å²) in [5.41, 5.74) is 1.98. The molecule has 4 heterocycles. The molecule has 0 aliphatic carbocycles. The number of hydrogen-bond donors (Lipinski definition) is 1. The maximum atomic E-state index is 11.3. The van der Waals surface area contributed by atoms with E-state index in [9.17, 15) is 5.11 Å². The Bertz CT molecular complexity index is 723. The summed E-state index contributed by atoms with van der Waals surface area (Å²) >= 11 is 0. The molecule has 5 atom stereocenters. The van der Waals surface area contributed by atoms with E-state index in [4.69, 9.17) is 0 Å². The van der Waals surface area contributed by atoms with Crippen LogP contribution >= 0.6 is 0 Å². The number of piperidine rings is 1. The van der Waals surface area contributed by atoms with Gasteiger partial charge in [0, 0.05) is 23.7 Å². The van der Waals surface area contributed by atoms with E-state index in [1.807, 2.05) is 36.5 Å². The molecule has 3 fully saturated rings. The maximum absolute atomic E-state index is 11.3. The lowest BCUT2D eigenvalue weighted by Gasteiger charge is -2.41. The van der Waals surface area contributed by atoms with Crippen molar-refractivity contribution >= 4 is 10.9 Å². The summed E-state index contributed by atoms with van der Waals surface area (Å²) in [6, 6.07) is 10.9. The first-order valence-electron chi connectivity index (χ1n) is 9.16. The Kier molecular flexibility index (Phi) is 4.38. The molecular formula is C21H26N2O. The van der Waals surface area contributed by atoms with Gasteiger partial charge in [0.05, 0.1) is 11.6 Å². The quantitative estimate of drug-likeness (QED) is 0.862. The summed E-state index contributed by atoms with van der Waals surface area (Å²) in [7, 11) is 0. The number of aliphatic hydroxyl groups is 1. The van der Waals surface area contributed by atoms with Crippen LogP contribution in [0.2, 0.25) is 0 Å². The second-order valence-electron chi connectivity index (χ2n) is 7.31. The number of nitrogens with zero attached hydrogens (tertiary/aromatic N) is 2. The van der Waals surface area contributed by atoms with Crippen molar-refractivity contribution in [3.05, 3.63) is 54.7 Å². The minimum Gasteiger partial charge on any atom is -0.387 e. The van der Waals surface area contributed by atoms with Gasteiger partial charge in [-0.05, 0) is 62.3 Å². The molecule has 3 aliphatic heterocycles. The fourth-order valence-corrected chi connectivity index (χ4v) is 4.77. The molecular weight excluding hydrogens is 296 g/mol. The Morgan fingerprint density at radius 2 is 2.12 bits per heavy atom. The summed E-state index contributed by atoms with van der Waals surface area (Å²) in [5.74, 6) is 0.817. The number of aromatic nitrogens is 1. The highest BCUT2D eigenvalue weighted by Crippen LogP contribution is 2.40. The highest BCUT2D eigenvalue weighted by Gasteiger charge is 2.39. The number of aliphatic hydroxyl groups excluding tert-OH is 1. The summed E-state index contributed by atoms with van der Waals surface area (Å²) in [5, 5.41) is 12.4. The van der Waals surface area contributed by atoms with Crippen molar-refractivity contribution in [1.82, 2.24) is 9.88 Å². The van der Waals surface area contributed by atoms with Crippen LogP contribution in [-0.2, 0) is 0 Å². The van der Waals surface area contributed by atoms with Gasteiger partial charge in [-0.25, -0.2) is 0 Å². The molecule has 1 aromatic heterocycles. The number of benzene rings is 1. The van der Waals surface area contributed by atoms with Crippen molar-refractivity contribution in [2.45, 2.75) is 50.3 Å². The van der Waals surface area contributed by atoms with Crippen LogP contribution in [0.1, 0.15) is 43.8 Å². The van der Waals surface area contributed by atoms with Crippen molar-refractivity contribution in [2.24, 2.45) is 5.92 Å². The topological polar surface area (TPSA) is 36.4 Å². The summed E-state index contributed by atoms with van der Waals surface area (Å²) in [6.45, 7) is 5.05. The van der Waals surface area contributed by atoms with E-state index in [0.717, 1.165) is 41.8 Å². The van der Waals surface area contributed by atoms with Gasteiger partial charge in [-0.3, -0.25) is 9.88 Å². The molecule has 2 bridgehead atoms. The summed E-state index contributed by atoms with van der Waals surface area (Å²) in [6.07, 6.45) is 9.27.